The molecule has 28 heavy (non-hydrogen) atoms. The highest BCUT2D eigenvalue weighted by molar-refractivity contribution is 5.86. The molecule has 1 fully saturated rings. The van der Waals surface area contributed by atoms with Crippen molar-refractivity contribution in [2.24, 2.45) is 7.05 Å². The van der Waals surface area contributed by atoms with E-state index < -0.39 is 0 Å². The number of piperazine rings is 1. The summed E-state index contributed by atoms with van der Waals surface area (Å²) in [4.78, 5) is 25.2. The Kier molecular flexibility index (Phi) is 5.16. The fraction of sp³-hybridized carbons (Fsp3) is 0.368. The molecule has 4 rings (SSSR count). The van der Waals surface area contributed by atoms with E-state index in [1.807, 2.05) is 7.05 Å². The second kappa shape index (κ2) is 7.89. The minimum Gasteiger partial charge on any atom is -0.353 e. The van der Waals surface area contributed by atoms with Gasteiger partial charge in [-0.15, -0.1) is 0 Å². The van der Waals surface area contributed by atoms with Crippen molar-refractivity contribution < 1.29 is 9.18 Å². The SMILES string of the molecule is Cn1ncc2c(N3CCN(CC(=O)NCc4ccccc4F)CC3)ncnc21. The molecule has 0 spiro atoms. The second-order valence-electron chi connectivity index (χ2n) is 6.83. The number of fused-ring (bicyclic) bond motifs is 1. The van der Waals surface area contributed by atoms with Gasteiger partial charge in [0.15, 0.2) is 5.65 Å². The molecule has 1 aromatic carbocycles. The van der Waals surface area contributed by atoms with Gasteiger partial charge in [0.2, 0.25) is 5.91 Å². The number of anilines is 1. The minimum absolute atomic E-state index is 0.103. The molecule has 1 aliphatic rings. The summed E-state index contributed by atoms with van der Waals surface area (Å²) in [6, 6.07) is 6.47. The molecule has 3 aromatic rings. The first-order valence-electron chi connectivity index (χ1n) is 9.22. The lowest BCUT2D eigenvalue weighted by molar-refractivity contribution is -0.122. The van der Waals surface area contributed by atoms with Gasteiger partial charge in [-0.3, -0.25) is 14.4 Å². The van der Waals surface area contributed by atoms with Gasteiger partial charge in [0.05, 0.1) is 18.1 Å². The Hall–Kier alpha value is -3.07. The number of carbonyl (C=O) groups excluding carboxylic acids is 1. The van der Waals surface area contributed by atoms with Crippen molar-refractivity contribution in [3.8, 4) is 0 Å². The molecular weight excluding hydrogens is 361 g/mol. The summed E-state index contributed by atoms with van der Waals surface area (Å²) in [5.41, 5.74) is 1.30. The zero-order valence-electron chi connectivity index (χ0n) is 15.7. The van der Waals surface area contributed by atoms with Crippen molar-refractivity contribution in [1.29, 1.82) is 0 Å². The molecular formula is C19H22FN7O. The van der Waals surface area contributed by atoms with Crippen molar-refractivity contribution in [3.05, 3.63) is 48.2 Å². The number of aryl methyl sites for hydroxylation is 1. The van der Waals surface area contributed by atoms with Crippen LogP contribution in [0.1, 0.15) is 5.56 Å². The molecule has 0 unspecified atom stereocenters. The lowest BCUT2D eigenvalue weighted by Crippen LogP contribution is -2.49. The van der Waals surface area contributed by atoms with E-state index in [-0.39, 0.29) is 18.3 Å². The molecule has 146 valence electrons. The van der Waals surface area contributed by atoms with E-state index in [4.69, 9.17) is 0 Å². The molecule has 2 aromatic heterocycles. The average Bonchev–Trinajstić information content (AvgIpc) is 3.09. The molecule has 3 heterocycles. The molecule has 1 aliphatic heterocycles. The molecule has 1 amide bonds. The molecule has 0 atom stereocenters. The minimum atomic E-state index is -0.303. The van der Waals surface area contributed by atoms with Gasteiger partial charge in [0, 0.05) is 45.3 Å². The highest BCUT2D eigenvalue weighted by atomic mass is 19.1. The number of nitrogens with one attached hydrogen (secondary N) is 1. The fourth-order valence-electron chi connectivity index (χ4n) is 3.41. The Morgan fingerprint density at radius 1 is 1.18 bits per heavy atom. The predicted molar refractivity (Wildman–Crippen MR) is 103 cm³/mol. The summed E-state index contributed by atoms with van der Waals surface area (Å²) >= 11 is 0. The monoisotopic (exact) mass is 383 g/mol. The maximum atomic E-state index is 13.6. The standard InChI is InChI=1S/C19H22FN7O/c1-25-18-15(11-24-25)19(23-13-22-18)27-8-6-26(7-9-27)12-17(28)21-10-14-4-2-3-5-16(14)20/h2-5,11,13H,6-10,12H2,1H3,(H,21,28). The molecule has 0 saturated carbocycles. The summed E-state index contributed by atoms with van der Waals surface area (Å²) in [6.07, 6.45) is 3.34. The summed E-state index contributed by atoms with van der Waals surface area (Å²) in [5, 5.41) is 7.98. The molecule has 0 radical (unpaired) electrons. The van der Waals surface area contributed by atoms with Gasteiger partial charge in [-0.1, -0.05) is 18.2 Å². The van der Waals surface area contributed by atoms with E-state index in [1.165, 1.54) is 6.07 Å². The Bertz CT molecular complexity index is 981. The van der Waals surface area contributed by atoms with Gasteiger partial charge in [-0.05, 0) is 6.07 Å². The number of rotatable bonds is 5. The van der Waals surface area contributed by atoms with Crippen molar-refractivity contribution in [3.63, 3.8) is 0 Å². The van der Waals surface area contributed by atoms with E-state index in [1.54, 1.807) is 35.4 Å². The van der Waals surface area contributed by atoms with Crippen LogP contribution in [0.5, 0.6) is 0 Å². The van der Waals surface area contributed by atoms with Crippen LogP contribution in [0.3, 0.4) is 0 Å². The average molecular weight is 383 g/mol. The van der Waals surface area contributed by atoms with Crippen LogP contribution in [-0.2, 0) is 18.4 Å². The number of benzene rings is 1. The number of hydrogen-bond acceptors (Lipinski definition) is 6. The number of carbonyl (C=O) groups is 1. The maximum Gasteiger partial charge on any atom is 0.234 e. The lowest BCUT2D eigenvalue weighted by Gasteiger charge is -2.35. The first-order valence-corrected chi connectivity index (χ1v) is 9.22. The lowest BCUT2D eigenvalue weighted by atomic mass is 10.2. The van der Waals surface area contributed by atoms with Crippen LogP contribution in [0.2, 0.25) is 0 Å². The van der Waals surface area contributed by atoms with Crippen LogP contribution in [0.4, 0.5) is 10.2 Å². The smallest absolute Gasteiger partial charge is 0.234 e. The molecule has 0 aliphatic carbocycles. The van der Waals surface area contributed by atoms with Gasteiger partial charge >= 0.3 is 0 Å². The summed E-state index contributed by atoms with van der Waals surface area (Å²) in [6.45, 7) is 3.53. The Morgan fingerprint density at radius 3 is 2.75 bits per heavy atom. The Morgan fingerprint density at radius 2 is 1.96 bits per heavy atom. The van der Waals surface area contributed by atoms with Crippen LogP contribution in [0.25, 0.3) is 11.0 Å². The topological polar surface area (TPSA) is 79.2 Å². The van der Waals surface area contributed by atoms with Crippen molar-refractivity contribution in [2.75, 3.05) is 37.6 Å². The van der Waals surface area contributed by atoms with Crippen LogP contribution >= 0.6 is 0 Å². The number of nitrogens with zero attached hydrogens (tertiary/aromatic N) is 6. The van der Waals surface area contributed by atoms with Gasteiger partial charge in [0.25, 0.3) is 0 Å². The van der Waals surface area contributed by atoms with Crippen LogP contribution in [0, 0.1) is 5.82 Å². The Balaban J connectivity index is 1.30. The van der Waals surface area contributed by atoms with E-state index >= 15 is 0 Å². The van der Waals surface area contributed by atoms with Crippen LogP contribution in [-0.4, -0.2) is 63.3 Å². The summed E-state index contributed by atoms with van der Waals surface area (Å²) in [7, 11) is 1.86. The normalized spacial score (nSPS) is 15.1. The first-order chi connectivity index (χ1) is 13.6. The Labute approximate surface area is 162 Å². The number of hydrogen-bond donors (Lipinski definition) is 1. The van der Waals surface area contributed by atoms with Gasteiger partial charge in [-0.2, -0.15) is 5.10 Å². The van der Waals surface area contributed by atoms with Crippen LogP contribution in [0.15, 0.2) is 36.8 Å². The first kappa shape index (κ1) is 18.3. The van der Waals surface area contributed by atoms with E-state index in [2.05, 4.69) is 30.2 Å². The van der Waals surface area contributed by atoms with Crippen molar-refractivity contribution in [1.82, 2.24) is 30.0 Å². The molecule has 1 saturated heterocycles. The van der Waals surface area contributed by atoms with E-state index in [0.717, 1.165) is 43.0 Å². The third-order valence-corrected chi connectivity index (χ3v) is 4.98. The van der Waals surface area contributed by atoms with E-state index in [0.29, 0.717) is 12.1 Å². The van der Waals surface area contributed by atoms with Gasteiger partial charge in [0.1, 0.15) is 18.0 Å². The largest absolute Gasteiger partial charge is 0.353 e. The molecule has 8 nitrogen and oxygen atoms in total. The number of aromatic nitrogens is 4. The fourth-order valence-corrected chi connectivity index (χ4v) is 3.41. The maximum absolute atomic E-state index is 13.6. The van der Waals surface area contributed by atoms with Gasteiger partial charge in [-0.25, -0.2) is 14.4 Å². The van der Waals surface area contributed by atoms with Crippen molar-refractivity contribution in [2.45, 2.75) is 6.54 Å². The quantitative estimate of drug-likeness (QED) is 0.707. The second-order valence-corrected chi connectivity index (χ2v) is 6.83. The highest BCUT2D eigenvalue weighted by Crippen LogP contribution is 2.23. The molecule has 0 bridgehead atoms. The van der Waals surface area contributed by atoms with E-state index in [9.17, 15) is 9.18 Å². The zero-order valence-corrected chi connectivity index (χ0v) is 15.7. The van der Waals surface area contributed by atoms with Crippen LogP contribution < -0.4 is 10.2 Å². The summed E-state index contributed by atoms with van der Waals surface area (Å²) in [5.74, 6) is 0.470. The predicted octanol–water partition coefficient (Wildman–Crippen LogP) is 0.941. The van der Waals surface area contributed by atoms with Crippen molar-refractivity contribution >= 4 is 22.8 Å². The number of amides is 1. The molecule has 9 heteroatoms. The zero-order chi connectivity index (χ0) is 19.5. The number of halogens is 1. The summed E-state index contributed by atoms with van der Waals surface area (Å²) < 4.78 is 15.4. The highest BCUT2D eigenvalue weighted by Gasteiger charge is 2.22. The molecule has 1 N–H and O–H groups in total. The third kappa shape index (κ3) is 3.79. The van der Waals surface area contributed by atoms with Gasteiger partial charge < -0.3 is 10.2 Å². The third-order valence-electron chi connectivity index (χ3n) is 4.98.